The maximum Gasteiger partial charge on any atom is 0.119 e. The van der Waals surface area contributed by atoms with Crippen molar-refractivity contribution in [2.75, 3.05) is 14.2 Å². The number of benzene rings is 1. The maximum atomic E-state index is 5.70. The molecule has 0 heterocycles. The molecule has 0 saturated heterocycles. The Bertz CT molecular complexity index is 369. The van der Waals surface area contributed by atoms with E-state index in [1.54, 1.807) is 7.11 Å². The van der Waals surface area contributed by atoms with Gasteiger partial charge in [-0.05, 0) is 51.9 Å². The highest BCUT2D eigenvalue weighted by molar-refractivity contribution is 5.30. The van der Waals surface area contributed by atoms with Crippen LogP contribution in [0.25, 0.3) is 0 Å². The van der Waals surface area contributed by atoms with E-state index in [2.05, 4.69) is 31.3 Å². The molecule has 0 aliphatic heterocycles. The summed E-state index contributed by atoms with van der Waals surface area (Å²) in [6.45, 7) is 8.34. The van der Waals surface area contributed by atoms with Crippen LogP contribution < -0.4 is 10.1 Å². The monoisotopic (exact) mass is 265 g/mol. The summed E-state index contributed by atoms with van der Waals surface area (Å²) in [6, 6.07) is 8.41. The van der Waals surface area contributed by atoms with E-state index in [9.17, 15) is 0 Å². The lowest BCUT2D eigenvalue weighted by molar-refractivity contribution is -0.0280. The first-order valence-electron chi connectivity index (χ1n) is 6.95. The molecule has 19 heavy (non-hydrogen) atoms. The number of hydrogen-bond donors (Lipinski definition) is 1. The first-order chi connectivity index (χ1) is 8.96. The summed E-state index contributed by atoms with van der Waals surface area (Å²) in [4.78, 5) is 0. The van der Waals surface area contributed by atoms with Gasteiger partial charge in [0.25, 0.3) is 0 Å². The molecule has 0 aliphatic rings. The van der Waals surface area contributed by atoms with Crippen molar-refractivity contribution in [1.29, 1.82) is 0 Å². The zero-order chi connectivity index (χ0) is 14.5. The molecule has 0 amide bonds. The maximum absolute atomic E-state index is 5.70. The van der Waals surface area contributed by atoms with Crippen LogP contribution in [0.1, 0.15) is 45.7 Å². The van der Waals surface area contributed by atoms with E-state index in [1.165, 1.54) is 5.56 Å². The zero-order valence-electron chi connectivity index (χ0n) is 13.0. The van der Waals surface area contributed by atoms with Gasteiger partial charge in [-0.3, -0.25) is 0 Å². The first-order valence-corrected chi connectivity index (χ1v) is 6.95. The minimum Gasteiger partial charge on any atom is -0.491 e. The molecule has 2 atom stereocenters. The average molecular weight is 265 g/mol. The minimum absolute atomic E-state index is 0.163. The number of nitrogens with one attached hydrogen (secondary N) is 1. The Labute approximate surface area is 117 Å². The van der Waals surface area contributed by atoms with Gasteiger partial charge in [-0.1, -0.05) is 19.1 Å². The van der Waals surface area contributed by atoms with Crippen LogP contribution in [-0.2, 0) is 4.74 Å². The predicted molar refractivity (Wildman–Crippen MR) is 79.7 cm³/mol. The van der Waals surface area contributed by atoms with Crippen LogP contribution in [0, 0.1) is 0 Å². The van der Waals surface area contributed by atoms with Crippen LogP contribution in [0.15, 0.2) is 24.3 Å². The van der Waals surface area contributed by atoms with Gasteiger partial charge in [0.05, 0.1) is 17.7 Å². The molecule has 0 radical (unpaired) electrons. The normalized spacial score (nSPS) is 16.2. The number of likely N-dealkylation sites (N-methyl/N-ethyl adjacent to an activating group) is 1. The molecule has 0 aromatic heterocycles. The van der Waals surface area contributed by atoms with Gasteiger partial charge in [-0.15, -0.1) is 0 Å². The summed E-state index contributed by atoms with van der Waals surface area (Å²) in [6.07, 6.45) is 1.14. The lowest BCUT2D eigenvalue weighted by atomic mass is 9.88. The third-order valence-corrected chi connectivity index (χ3v) is 3.65. The van der Waals surface area contributed by atoms with Gasteiger partial charge in [0.15, 0.2) is 0 Å². The first kappa shape index (κ1) is 16.0. The molecule has 0 fully saturated rings. The van der Waals surface area contributed by atoms with Gasteiger partial charge < -0.3 is 14.8 Å². The SMILES string of the molecule is CCC(C)(OC)C(NC)c1ccc(OC(C)C)cc1. The third kappa shape index (κ3) is 3.95. The van der Waals surface area contributed by atoms with Crippen molar-refractivity contribution in [3.8, 4) is 5.75 Å². The molecule has 1 aromatic carbocycles. The van der Waals surface area contributed by atoms with Crippen molar-refractivity contribution in [2.45, 2.75) is 51.9 Å². The van der Waals surface area contributed by atoms with Crippen LogP contribution in [0.5, 0.6) is 5.75 Å². The highest BCUT2D eigenvalue weighted by Gasteiger charge is 2.32. The Balaban J connectivity index is 2.94. The van der Waals surface area contributed by atoms with E-state index >= 15 is 0 Å². The predicted octanol–water partition coefficient (Wildman–Crippen LogP) is 3.55. The summed E-state index contributed by atoms with van der Waals surface area (Å²) in [5, 5.41) is 3.36. The van der Waals surface area contributed by atoms with Crippen LogP contribution in [0.4, 0.5) is 0 Å². The molecular formula is C16H27NO2. The molecule has 0 saturated carbocycles. The van der Waals surface area contributed by atoms with Crippen molar-refractivity contribution < 1.29 is 9.47 Å². The molecule has 1 aromatic rings. The lowest BCUT2D eigenvalue weighted by Crippen LogP contribution is -2.41. The van der Waals surface area contributed by atoms with Crippen LogP contribution >= 0.6 is 0 Å². The van der Waals surface area contributed by atoms with Crippen molar-refractivity contribution in [3.05, 3.63) is 29.8 Å². The molecule has 1 N–H and O–H groups in total. The second kappa shape index (κ2) is 6.92. The molecule has 2 unspecified atom stereocenters. The molecule has 1 rings (SSSR count). The Morgan fingerprint density at radius 3 is 2.16 bits per heavy atom. The summed E-state index contributed by atoms with van der Waals surface area (Å²) < 4.78 is 11.4. The molecule has 3 nitrogen and oxygen atoms in total. The second-order valence-corrected chi connectivity index (χ2v) is 5.33. The molecule has 108 valence electrons. The van der Waals surface area contributed by atoms with Gasteiger partial charge in [-0.2, -0.15) is 0 Å². The highest BCUT2D eigenvalue weighted by atomic mass is 16.5. The second-order valence-electron chi connectivity index (χ2n) is 5.33. The van der Waals surface area contributed by atoms with E-state index in [4.69, 9.17) is 9.47 Å². The molecule has 0 aliphatic carbocycles. The van der Waals surface area contributed by atoms with E-state index in [0.717, 1.165) is 12.2 Å². The molecule has 0 bridgehead atoms. The third-order valence-electron chi connectivity index (χ3n) is 3.65. The highest BCUT2D eigenvalue weighted by Crippen LogP contribution is 2.32. The van der Waals surface area contributed by atoms with Gasteiger partial charge in [0.2, 0.25) is 0 Å². The largest absolute Gasteiger partial charge is 0.491 e. The summed E-state index contributed by atoms with van der Waals surface area (Å²) in [5.41, 5.74) is 1.000. The lowest BCUT2D eigenvalue weighted by Gasteiger charge is -2.36. The van der Waals surface area contributed by atoms with Gasteiger partial charge in [-0.25, -0.2) is 0 Å². The topological polar surface area (TPSA) is 30.5 Å². The Kier molecular flexibility index (Phi) is 5.83. The zero-order valence-corrected chi connectivity index (χ0v) is 13.0. The summed E-state index contributed by atoms with van der Waals surface area (Å²) >= 11 is 0. The Morgan fingerprint density at radius 1 is 1.21 bits per heavy atom. The quantitative estimate of drug-likeness (QED) is 0.818. The van der Waals surface area contributed by atoms with E-state index in [0.29, 0.717) is 0 Å². The summed E-state index contributed by atoms with van der Waals surface area (Å²) in [7, 11) is 3.74. The number of methoxy groups -OCH3 is 1. The van der Waals surface area contributed by atoms with E-state index < -0.39 is 0 Å². The van der Waals surface area contributed by atoms with Gasteiger partial charge >= 0.3 is 0 Å². The molecular weight excluding hydrogens is 238 g/mol. The smallest absolute Gasteiger partial charge is 0.119 e. The van der Waals surface area contributed by atoms with Crippen molar-refractivity contribution in [2.24, 2.45) is 0 Å². The van der Waals surface area contributed by atoms with Crippen LogP contribution in [0.3, 0.4) is 0 Å². The average Bonchev–Trinajstić information content (AvgIpc) is 2.40. The van der Waals surface area contributed by atoms with Crippen LogP contribution in [-0.4, -0.2) is 25.9 Å². The molecule has 3 heteroatoms. The van der Waals surface area contributed by atoms with Crippen molar-refractivity contribution in [1.82, 2.24) is 5.32 Å². The van der Waals surface area contributed by atoms with Gasteiger partial charge in [0.1, 0.15) is 5.75 Å². The van der Waals surface area contributed by atoms with E-state index in [1.807, 2.05) is 33.0 Å². The summed E-state index contributed by atoms with van der Waals surface area (Å²) in [5.74, 6) is 0.907. The number of rotatable bonds is 7. The standard InChI is InChI=1S/C16H27NO2/c1-7-16(4,18-6)15(17-5)13-8-10-14(11-9-13)19-12(2)3/h8-12,15,17H,7H2,1-6H3. The number of hydrogen-bond acceptors (Lipinski definition) is 3. The number of ether oxygens (including phenoxy) is 2. The molecule has 0 spiro atoms. The fourth-order valence-corrected chi connectivity index (χ4v) is 2.30. The van der Waals surface area contributed by atoms with Crippen molar-refractivity contribution >= 4 is 0 Å². The van der Waals surface area contributed by atoms with E-state index in [-0.39, 0.29) is 17.7 Å². The fourth-order valence-electron chi connectivity index (χ4n) is 2.30. The van der Waals surface area contributed by atoms with Gasteiger partial charge in [0, 0.05) is 7.11 Å². The Hall–Kier alpha value is -1.06. The minimum atomic E-state index is -0.213. The van der Waals surface area contributed by atoms with Crippen molar-refractivity contribution in [3.63, 3.8) is 0 Å². The fraction of sp³-hybridized carbons (Fsp3) is 0.625. The Morgan fingerprint density at radius 2 is 1.79 bits per heavy atom. The van der Waals surface area contributed by atoms with Crippen LogP contribution in [0.2, 0.25) is 0 Å².